The molecule has 1 aliphatic heterocycles. The van der Waals surface area contributed by atoms with Gasteiger partial charge in [0, 0.05) is 13.2 Å². The minimum atomic E-state index is -0.272. The molecule has 1 heterocycles. The van der Waals surface area contributed by atoms with Crippen LogP contribution in [-0.2, 0) is 4.74 Å². The van der Waals surface area contributed by atoms with Crippen molar-refractivity contribution in [2.45, 2.75) is 31.8 Å². The van der Waals surface area contributed by atoms with Crippen molar-refractivity contribution in [3.8, 4) is 0 Å². The Morgan fingerprint density at radius 3 is 2.92 bits per heavy atom. The molecule has 0 aromatic heterocycles. The Balaban J connectivity index is 1.91. The van der Waals surface area contributed by atoms with Crippen molar-refractivity contribution in [1.29, 1.82) is 0 Å². The first-order chi connectivity index (χ1) is 5.93. The zero-order valence-electron chi connectivity index (χ0n) is 7.52. The standard InChI is InChI=1S/C9H18FNO/c10-5-7-11-6-4-9-3-1-2-8-12-9/h9,11H,1-8H2. The molecule has 0 spiro atoms. The molecule has 0 bridgehead atoms. The number of ether oxygens (including phenoxy) is 1. The molecule has 72 valence electrons. The molecule has 12 heavy (non-hydrogen) atoms. The molecule has 1 fully saturated rings. The third-order valence-electron chi connectivity index (χ3n) is 2.19. The van der Waals surface area contributed by atoms with Crippen LogP contribution in [0.25, 0.3) is 0 Å². The van der Waals surface area contributed by atoms with Crippen LogP contribution in [0.15, 0.2) is 0 Å². The molecular formula is C9H18FNO. The van der Waals surface area contributed by atoms with Crippen molar-refractivity contribution >= 4 is 0 Å². The van der Waals surface area contributed by atoms with Crippen LogP contribution in [0.3, 0.4) is 0 Å². The molecular weight excluding hydrogens is 157 g/mol. The monoisotopic (exact) mass is 175 g/mol. The summed E-state index contributed by atoms with van der Waals surface area (Å²) in [6.45, 7) is 2.00. The van der Waals surface area contributed by atoms with E-state index in [4.69, 9.17) is 4.74 Å². The van der Waals surface area contributed by atoms with Gasteiger partial charge in [-0.3, -0.25) is 0 Å². The second-order valence-electron chi connectivity index (χ2n) is 3.22. The van der Waals surface area contributed by atoms with Gasteiger partial charge in [0.1, 0.15) is 6.67 Å². The first-order valence-electron chi connectivity index (χ1n) is 4.82. The van der Waals surface area contributed by atoms with E-state index in [-0.39, 0.29) is 6.67 Å². The smallest absolute Gasteiger partial charge is 0.102 e. The topological polar surface area (TPSA) is 21.3 Å². The van der Waals surface area contributed by atoms with Crippen LogP contribution in [0.1, 0.15) is 25.7 Å². The van der Waals surface area contributed by atoms with E-state index in [1.807, 2.05) is 0 Å². The molecule has 1 N–H and O–H groups in total. The van der Waals surface area contributed by atoms with Gasteiger partial charge in [0.05, 0.1) is 6.10 Å². The van der Waals surface area contributed by atoms with Gasteiger partial charge in [0.25, 0.3) is 0 Å². The Kier molecular flexibility index (Phi) is 5.28. The maximum atomic E-state index is 11.7. The van der Waals surface area contributed by atoms with Gasteiger partial charge < -0.3 is 10.1 Å². The summed E-state index contributed by atoms with van der Waals surface area (Å²) < 4.78 is 17.2. The van der Waals surface area contributed by atoms with E-state index in [0.717, 1.165) is 19.6 Å². The number of rotatable bonds is 5. The number of hydrogen-bond acceptors (Lipinski definition) is 2. The number of alkyl halides is 1. The van der Waals surface area contributed by atoms with Crippen LogP contribution in [-0.4, -0.2) is 32.5 Å². The van der Waals surface area contributed by atoms with Gasteiger partial charge in [-0.15, -0.1) is 0 Å². The number of nitrogens with one attached hydrogen (secondary N) is 1. The Morgan fingerprint density at radius 2 is 2.25 bits per heavy atom. The molecule has 1 saturated heterocycles. The van der Waals surface area contributed by atoms with Gasteiger partial charge in [0.15, 0.2) is 0 Å². The Bertz CT molecular complexity index is 105. The molecule has 0 aromatic carbocycles. The summed E-state index contributed by atoms with van der Waals surface area (Å²) >= 11 is 0. The summed E-state index contributed by atoms with van der Waals surface area (Å²) in [4.78, 5) is 0. The molecule has 0 aromatic rings. The fourth-order valence-electron chi connectivity index (χ4n) is 1.49. The molecule has 0 radical (unpaired) electrons. The van der Waals surface area contributed by atoms with E-state index in [2.05, 4.69) is 5.32 Å². The van der Waals surface area contributed by atoms with Crippen LogP contribution in [0.5, 0.6) is 0 Å². The average molecular weight is 175 g/mol. The normalized spacial score (nSPS) is 24.2. The van der Waals surface area contributed by atoms with Gasteiger partial charge in [-0.05, 0) is 32.2 Å². The minimum Gasteiger partial charge on any atom is -0.378 e. The predicted molar refractivity (Wildman–Crippen MR) is 47.1 cm³/mol. The summed E-state index contributed by atoms with van der Waals surface area (Å²) in [6, 6.07) is 0. The quantitative estimate of drug-likeness (QED) is 0.639. The Hall–Kier alpha value is -0.150. The SMILES string of the molecule is FCCNCCC1CCCCO1. The van der Waals surface area contributed by atoms with Gasteiger partial charge in [-0.2, -0.15) is 0 Å². The van der Waals surface area contributed by atoms with Crippen molar-refractivity contribution in [1.82, 2.24) is 5.32 Å². The average Bonchev–Trinajstić information content (AvgIpc) is 2.14. The second kappa shape index (κ2) is 6.38. The zero-order valence-corrected chi connectivity index (χ0v) is 7.52. The van der Waals surface area contributed by atoms with Crippen molar-refractivity contribution < 1.29 is 9.13 Å². The zero-order chi connectivity index (χ0) is 8.65. The molecule has 0 aliphatic carbocycles. The molecule has 1 aliphatic rings. The summed E-state index contributed by atoms with van der Waals surface area (Å²) in [6.07, 6.45) is 5.12. The minimum absolute atomic E-state index is 0.272. The highest BCUT2D eigenvalue weighted by atomic mass is 19.1. The summed E-state index contributed by atoms with van der Waals surface area (Å²) in [5.74, 6) is 0. The highest BCUT2D eigenvalue weighted by molar-refractivity contribution is 4.64. The van der Waals surface area contributed by atoms with Crippen LogP contribution in [0.4, 0.5) is 4.39 Å². The van der Waals surface area contributed by atoms with Crippen LogP contribution in [0.2, 0.25) is 0 Å². The lowest BCUT2D eigenvalue weighted by Gasteiger charge is -2.22. The predicted octanol–water partition coefficient (Wildman–Crippen LogP) is 1.50. The van der Waals surface area contributed by atoms with Crippen LogP contribution < -0.4 is 5.32 Å². The van der Waals surface area contributed by atoms with E-state index < -0.39 is 0 Å². The van der Waals surface area contributed by atoms with Crippen molar-refractivity contribution in [3.05, 3.63) is 0 Å². The van der Waals surface area contributed by atoms with E-state index in [1.54, 1.807) is 0 Å². The van der Waals surface area contributed by atoms with E-state index in [0.29, 0.717) is 12.6 Å². The molecule has 1 atom stereocenters. The van der Waals surface area contributed by atoms with Crippen LogP contribution in [0, 0.1) is 0 Å². The summed E-state index contributed by atoms with van der Waals surface area (Å²) in [7, 11) is 0. The molecule has 1 rings (SSSR count). The third kappa shape index (κ3) is 4.02. The highest BCUT2D eigenvalue weighted by Crippen LogP contribution is 2.14. The van der Waals surface area contributed by atoms with Gasteiger partial charge in [0.2, 0.25) is 0 Å². The first kappa shape index (κ1) is 9.93. The lowest BCUT2D eigenvalue weighted by Crippen LogP contribution is -2.26. The van der Waals surface area contributed by atoms with E-state index in [1.165, 1.54) is 19.3 Å². The summed E-state index contributed by atoms with van der Waals surface area (Å²) in [5.41, 5.74) is 0. The van der Waals surface area contributed by atoms with Crippen molar-refractivity contribution in [2.24, 2.45) is 0 Å². The number of halogens is 1. The molecule has 1 unspecified atom stereocenters. The largest absolute Gasteiger partial charge is 0.378 e. The van der Waals surface area contributed by atoms with Crippen LogP contribution >= 0.6 is 0 Å². The maximum Gasteiger partial charge on any atom is 0.102 e. The first-order valence-corrected chi connectivity index (χ1v) is 4.82. The number of hydrogen-bond donors (Lipinski definition) is 1. The fraction of sp³-hybridized carbons (Fsp3) is 1.00. The highest BCUT2D eigenvalue weighted by Gasteiger charge is 2.12. The van der Waals surface area contributed by atoms with Gasteiger partial charge in [-0.1, -0.05) is 0 Å². The molecule has 3 heteroatoms. The Morgan fingerprint density at radius 1 is 1.33 bits per heavy atom. The Labute approximate surface area is 73.5 Å². The van der Waals surface area contributed by atoms with Gasteiger partial charge in [-0.25, -0.2) is 4.39 Å². The summed E-state index contributed by atoms with van der Waals surface area (Å²) in [5, 5.41) is 3.03. The lowest BCUT2D eigenvalue weighted by molar-refractivity contribution is 0.0115. The third-order valence-corrected chi connectivity index (χ3v) is 2.19. The lowest BCUT2D eigenvalue weighted by atomic mass is 10.1. The van der Waals surface area contributed by atoms with E-state index >= 15 is 0 Å². The van der Waals surface area contributed by atoms with Crippen molar-refractivity contribution in [3.63, 3.8) is 0 Å². The second-order valence-corrected chi connectivity index (χ2v) is 3.22. The molecule has 0 saturated carbocycles. The van der Waals surface area contributed by atoms with E-state index in [9.17, 15) is 4.39 Å². The van der Waals surface area contributed by atoms with Gasteiger partial charge >= 0.3 is 0 Å². The molecule has 0 amide bonds. The van der Waals surface area contributed by atoms with Crippen molar-refractivity contribution in [2.75, 3.05) is 26.4 Å². The fourth-order valence-corrected chi connectivity index (χ4v) is 1.49. The molecule has 2 nitrogen and oxygen atoms in total. The maximum absolute atomic E-state index is 11.7.